The molecule has 1 saturated carbocycles. The minimum Gasteiger partial charge on any atom is -0.478 e. The number of fused-ring (bicyclic) bond motifs is 2. The van der Waals surface area contributed by atoms with Crippen LogP contribution in [0.4, 0.5) is 0 Å². The number of carboxylic acids is 1. The van der Waals surface area contributed by atoms with Crippen molar-refractivity contribution < 1.29 is 14.7 Å². The molecule has 2 N–H and O–H groups in total. The van der Waals surface area contributed by atoms with E-state index in [9.17, 15) is 9.59 Å². The molecule has 0 unspecified atom stereocenters. The number of hydrogen-bond acceptors (Lipinski definition) is 4. The van der Waals surface area contributed by atoms with E-state index >= 15 is 0 Å². The zero-order valence-electron chi connectivity index (χ0n) is 19.7. The summed E-state index contributed by atoms with van der Waals surface area (Å²) in [5.74, 6) is -0.369. The van der Waals surface area contributed by atoms with E-state index in [0.29, 0.717) is 21.5 Å². The molecule has 5 rings (SSSR count). The van der Waals surface area contributed by atoms with E-state index in [2.05, 4.69) is 15.3 Å². The molecule has 6 nitrogen and oxygen atoms in total. The number of amides is 1. The first-order chi connectivity index (χ1) is 17.5. The molecule has 8 heteroatoms. The highest BCUT2D eigenvalue weighted by Gasteiger charge is 2.17. The molecule has 1 fully saturated rings. The molecule has 1 aliphatic rings. The summed E-state index contributed by atoms with van der Waals surface area (Å²) in [4.78, 5) is 31.7. The van der Waals surface area contributed by atoms with Crippen LogP contribution in [0.5, 0.6) is 0 Å². The van der Waals surface area contributed by atoms with Gasteiger partial charge in [-0.25, -0.2) is 4.79 Å². The van der Waals surface area contributed by atoms with Gasteiger partial charge in [0.1, 0.15) is 0 Å². The van der Waals surface area contributed by atoms with Crippen molar-refractivity contribution in [3.8, 4) is 0 Å². The number of pyridine rings is 2. The molecule has 0 saturated heterocycles. The van der Waals surface area contributed by atoms with E-state index in [1.165, 1.54) is 32.1 Å². The number of carbonyl (C=O) groups is 2. The average Bonchev–Trinajstić information content (AvgIpc) is 2.89. The molecule has 2 aromatic carbocycles. The first-order valence-electron chi connectivity index (χ1n) is 12.0. The van der Waals surface area contributed by atoms with Crippen molar-refractivity contribution in [2.24, 2.45) is 5.92 Å². The summed E-state index contributed by atoms with van der Waals surface area (Å²) in [7, 11) is 0. The number of benzene rings is 2. The lowest BCUT2D eigenvalue weighted by atomic mass is 9.87. The standard InChI is InChI=1S/C18H21ClN2O.C10H6ClNO2/c19-15-8-9-16-14(7-4-11-20-16)17(15)18(22)21-12-10-13-5-2-1-3-6-13;11-7-3-4-8-6(2-1-5-12-8)9(7)10(13)14/h4,7-9,11,13H,1-3,5-6,10,12H2,(H,21,22);1-5H,(H,13,14). The van der Waals surface area contributed by atoms with Crippen molar-refractivity contribution in [1.29, 1.82) is 0 Å². The number of aromatic nitrogens is 2. The second kappa shape index (κ2) is 12.2. The largest absolute Gasteiger partial charge is 0.478 e. The molecular formula is C28H27Cl2N3O3. The predicted molar refractivity (Wildman–Crippen MR) is 144 cm³/mol. The lowest BCUT2D eigenvalue weighted by molar-refractivity contribution is 0.0699. The van der Waals surface area contributed by atoms with Crippen molar-refractivity contribution in [2.75, 3.05) is 6.54 Å². The summed E-state index contributed by atoms with van der Waals surface area (Å²) in [6.45, 7) is 0.719. The van der Waals surface area contributed by atoms with Gasteiger partial charge in [-0.3, -0.25) is 14.8 Å². The Kier molecular flexibility index (Phi) is 8.73. The monoisotopic (exact) mass is 523 g/mol. The fourth-order valence-electron chi connectivity index (χ4n) is 4.65. The van der Waals surface area contributed by atoms with E-state index in [4.69, 9.17) is 28.3 Å². The van der Waals surface area contributed by atoms with E-state index in [0.717, 1.165) is 29.8 Å². The maximum atomic E-state index is 12.5. The fraction of sp³-hybridized carbons (Fsp3) is 0.286. The third-order valence-corrected chi connectivity index (χ3v) is 7.10. The maximum Gasteiger partial charge on any atom is 0.337 e. The average molecular weight is 524 g/mol. The van der Waals surface area contributed by atoms with Crippen LogP contribution in [-0.4, -0.2) is 33.5 Å². The van der Waals surface area contributed by atoms with Gasteiger partial charge in [0, 0.05) is 29.7 Å². The van der Waals surface area contributed by atoms with Crippen LogP contribution in [0.15, 0.2) is 60.9 Å². The highest BCUT2D eigenvalue weighted by Crippen LogP contribution is 2.27. The molecule has 0 spiro atoms. The summed E-state index contributed by atoms with van der Waals surface area (Å²) in [5.41, 5.74) is 2.08. The molecule has 2 heterocycles. The van der Waals surface area contributed by atoms with Crippen LogP contribution in [0, 0.1) is 5.92 Å². The molecular weight excluding hydrogens is 497 g/mol. The van der Waals surface area contributed by atoms with Gasteiger partial charge in [0.25, 0.3) is 5.91 Å². The quantitative estimate of drug-likeness (QED) is 0.289. The van der Waals surface area contributed by atoms with Gasteiger partial charge in [0.2, 0.25) is 0 Å². The van der Waals surface area contributed by atoms with Gasteiger partial charge in [0.05, 0.1) is 32.2 Å². The molecule has 0 aliphatic heterocycles. The number of nitrogens with one attached hydrogen (secondary N) is 1. The van der Waals surface area contributed by atoms with Crippen LogP contribution in [0.1, 0.15) is 59.2 Å². The van der Waals surface area contributed by atoms with Crippen LogP contribution >= 0.6 is 23.2 Å². The number of aromatic carboxylic acids is 1. The van der Waals surface area contributed by atoms with Crippen LogP contribution in [0.25, 0.3) is 21.8 Å². The molecule has 1 amide bonds. The van der Waals surface area contributed by atoms with Gasteiger partial charge in [-0.15, -0.1) is 0 Å². The van der Waals surface area contributed by atoms with Gasteiger partial charge >= 0.3 is 5.97 Å². The maximum absolute atomic E-state index is 12.5. The normalized spacial score (nSPS) is 13.7. The third-order valence-electron chi connectivity index (χ3n) is 6.47. The third kappa shape index (κ3) is 6.12. The minimum absolute atomic E-state index is 0.0978. The zero-order chi connectivity index (χ0) is 25.5. The van der Waals surface area contributed by atoms with E-state index < -0.39 is 5.97 Å². The molecule has 36 heavy (non-hydrogen) atoms. The van der Waals surface area contributed by atoms with Gasteiger partial charge < -0.3 is 10.4 Å². The first kappa shape index (κ1) is 25.9. The van der Waals surface area contributed by atoms with Crippen LogP contribution in [0.3, 0.4) is 0 Å². The topological polar surface area (TPSA) is 92.2 Å². The van der Waals surface area contributed by atoms with Crippen LogP contribution in [-0.2, 0) is 0 Å². The summed E-state index contributed by atoms with van der Waals surface area (Å²) in [6.07, 6.45) is 11.0. The van der Waals surface area contributed by atoms with Crippen molar-refractivity contribution in [3.63, 3.8) is 0 Å². The van der Waals surface area contributed by atoms with Gasteiger partial charge in [0.15, 0.2) is 0 Å². The molecule has 0 bridgehead atoms. The Morgan fingerprint density at radius 3 is 1.97 bits per heavy atom. The van der Waals surface area contributed by atoms with E-state index in [1.54, 1.807) is 42.7 Å². The number of nitrogens with zero attached hydrogens (tertiary/aromatic N) is 2. The molecule has 0 atom stereocenters. The summed E-state index contributed by atoms with van der Waals surface area (Å²) >= 11 is 12.0. The Morgan fingerprint density at radius 2 is 1.39 bits per heavy atom. The summed E-state index contributed by atoms with van der Waals surface area (Å²) in [6, 6.07) is 13.9. The van der Waals surface area contributed by atoms with Crippen LogP contribution < -0.4 is 5.32 Å². The lowest BCUT2D eigenvalue weighted by Gasteiger charge is -2.21. The number of carboxylic acid groups (broad SMARTS) is 1. The predicted octanol–water partition coefficient (Wildman–Crippen LogP) is 7.17. The molecule has 4 aromatic rings. The molecule has 0 radical (unpaired) electrons. The van der Waals surface area contributed by atoms with Crippen molar-refractivity contribution >= 4 is 56.9 Å². The van der Waals surface area contributed by atoms with Crippen LogP contribution in [0.2, 0.25) is 10.0 Å². The van der Waals surface area contributed by atoms with Crippen molar-refractivity contribution in [1.82, 2.24) is 15.3 Å². The second-order valence-corrected chi connectivity index (χ2v) is 9.65. The lowest BCUT2D eigenvalue weighted by Crippen LogP contribution is -2.27. The second-order valence-electron chi connectivity index (χ2n) is 8.84. The van der Waals surface area contributed by atoms with Gasteiger partial charge in [-0.2, -0.15) is 0 Å². The zero-order valence-corrected chi connectivity index (χ0v) is 21.2. The van der Waals surface area contributed by atoms with E-state index in [-0.39, 0.29) is 16.5 Å². The number of carbonyl (C=O) groups excluding carboxylic acids is 1. The van der Waals surface area contributed by atoms with Gasteiger partial charge in [-0.1, -0.05) is 67.4 Å². The number of rotatable bonds is 5. The number of halogens is 2. The Balaban J connectivity index is 0.000000187. The summed E-state index contributed by atoms with van der Waals surface area (Å²) < 4.78 is 0. The number of hydrogen-bond donors (Lipinski definition) is 2. The Labute approximate surface area is 219 Å². The van der Waals surface area contributed by atoms with E-state index in [1.807, 2.05) is 18.2 Å². The fourth-order valence-corrected chi connectivity index (χ4v) is 5.15. The Bertz CT molecular complexity index is 1390. The Morgan fingerprint density at radius 1 is 0.833 bits per heavy atom. The smallest absolute Gasteiger partial charge is 0.337 e. The SMILES string of the molecule is O=C(NCCC1CCCCC1)c1c(Cl)ccc2ncccc12.O=C(O)c1c(Cl)ccc2ncccc12. The van der Waals surface area contributed by atoms with Crippen molar-refractivity contribution in [3.05, 3.63) is 82.1 Å². The van der Waals surface area contributed by atoms with Crippen molar-refractivity contribution in [2.45, 2.75) is 38.5 Å². The highest BCUT2D eigenvalue weighted by atomic mass is 35.5. The summed E-state index contributed by atoms with van der Waals surface area (Å²) in [5, 5.41) is 14.1. The molecule has 1 aliphatic carbocycles. The minimum atomic E-state index is -1.03. The van der Waals surface area contributed by atoms with Gasteiger partial charge in [-0.05, 0) is 48.7 Å². The first-order valence-corrected chi connectivity index (χ1v) is 12.8. The molecule has 186 valence electrons. The Hall–Kier alpha value is -3.22. The molecule has 2 aromatic heterocycles. The highest BCUT2D eigenvalue weighted by molar-refractivity contribution is 6.36.